The van der Waals surface area contributed by atoms with Crippen LogP contribution in [0, 0.1) is 6.92 Å². The molecule has 5 nitrogen and oxygen atoms in total. The molecule has 0 aliphatic heterocycles. The number of carbonyl (C=O) groups is 2. The van der Waals surface area contributed by atoms with E-state index in [1.807, 2.05) is 0 Å². The zero-order chi connectivity index (χ0) is 18.0. The Morgan fingerprint density at radius 1 is 1.04 bits per heavy atom. The normalized spacial score (nSPS) is 10.5. The summed E-state index contributed by atoms with van der Waals surface area (Å²) in [6, 6.07) is 12.8. The van der Waals surface area contributed by atoms with Gasteiger partial charge in [0, 0.05) is 22.2 Å². The van der Waals surface area contributed by atoms with Crippen LogP contribution in [0.3, 0.4) is 0 Å². The van der Waals surface area contributed by atoms with Crippen molar-refractivity contribution in [3.8, 4) is 0 Å². The molecule has 0 saturated carbocycles. The summed E-state index contributed by atoms with van der Waals surface area (Å²) in [5.74, 6) is -0.333. The number of aryl methyl sites for hydroxylation is 1. The number of hydrogen-bond donors (Lipinski definition) is 1. The molecule has 3 rings (SSSR count). The van der Waals surface area contributed by atoms with Crippen LogP contribution in [0.4, 0.5) is 5.69 Å². The minimum absolute atomic E-state index is 0.114. The van der Waals surface area contributed by atoms with Crippen molar-refractivity contribution in [3.63, 3.8) is 0 Å². The molecule has 0 aliphatic carbocycles. The van der Waals surface area contributed by atoms with E-state index in [0.717, 1.165) is 0 Å². The van der Waals surface area contributed by atoms with Crippen LogP contribution in [0.1, 0.15) is 32.2 Å². The minimum Gasteiger partial charge on any atom is -0.361 e. The summed E-state index contributed by atoms with van der Waals surface area (Å²) < 4.78 is 4.89. The highest BCUT2D eigenvalue weighted by Crippen LogP contribution is 2.27. The van der Waals surface area contributed by atoms with Gasteiger partial charge in [0.25, 0.3) is 5.91 Å². The van der Waals surface area contributed by atoms with E-state index in [0.29, 0.717) is 27.1 Å². The van der Waals surface area contributed by atoms with Crippen molar-refractivity contribution in [2.24, 2.45) is 0 Å². The Bertz CT molecular complexity index is 966. The number of ketones is 1. The first kappa shape index (κ1) is 17.2. The molecule has 0 unspecified atom stereocenters. The van der Waals surface area contributed by atoms with Gasteiger partial charge in [0.1, 0.15) is 5.76 Å². The molecular weight excluding hydrogens is 363 g/mol. The Hall–Kier alpha value is -2.63. The van der Waals surface area contributed by atoms with Crippen molar-refractivity contribution in [1.29, 1.82) is 0 Å². The monoisotopic (exact) mass is 374 g/mol. The second-order valence-corrected chi connectivity index (χ2v) is 6.12. The Morgan fingerprint density at radius 3 is 2.48 bits per heavy atom. The van der Waals surface area contributed by atoms with Gasteiger partial charge in [0.05, 0.1) is 10.7 Å². The first-order valence-electron chi connectivity index (χ1n) is 7.29. The number of halogens is 2. The van der Waals surface area contributed by atoms with Gasteiger partial charge in [-0.05, 0) is 37.3 Å². The Kier molecular flexibility index (Phi) is 4.88. The van der Waals surface area contributed by atoms with E-state index in [2.05, 4.69) is 10.5 Å². The number of rotatable bonds is 4. The van der Waals surface area contributed by atoms with Crippen LogP contribution < -0.4 is 5.32 Å². The molecule has 0 spiro atoms. The highest BCUT2D eigenvalue weighted by Gasteiger charge is 2.19. The van der Waals surface area contributed by atoms with Crippen LogP contribution in [0.25, 0.3) is 0 Å². The molecule has 1 heterocycles. The molecule has 126 valence electrons. The van der Waals surface area contributed by atoms with Crippen LogP contribution in [-0.4, -0.2) is 16.8 Å². The van der Waals surface area contributed by atoms with Gasteiger partial charge in [-0.15, -0.1) is 0 Å². The largest absolute Gasteiger partial charge is 0.361 e. The fourth-order valence-corrected chi connectivity index (χ4v) is 2.66. The predicted octanol–water partition coefficient (Wildman–Crippen LogP) is 4.77. The smallest absolute Gasteiger partial charge is 0.277 e. The van der Waals surface area contributed by atoms with Crippen molar-refractivity contribution >= 4 is 40.6 Å². The molecule has 3 aromatic rings. The number of nitrogens with zero attached hydrogens (tertiary/aromatic N) is 1. The van der Waals surface area contributed by atoms with Crippen LogP contribution in [-0.2, 0) is 0 Å². The number of aromatic nitrogens is 1. The lowest BCUT2D eigenvalue weighted by Crippen LogP contribution is -2.15. The Morgan fingerprint density at radius 2 is 1.80 bits per heavy atom. The number of anilines is 1. The lowest BCUT2D eigenvalue weighted by Gasteiger charge is -2.11. The molecule has 25 heavy (non-hydrogen) atoms. The summed E-state index contributed by atoms with van der Waals surface area (Å²) in [6.07, 6.45) is 0. The van der Waals surface area contributed by atoms with Gasteiger partial charge >= 0.3 is 0 Å². The van der Waals surface area contributed by atoms with E-state index in [9.17, 15) is 9.59 Å². The molecule has 1 aromatic heterocycles. The van der Waals surface area contributed by atoms with Crippen molar-refractivity contribution in [2.45, 2.75) is 6.92 Å². The predicted molar refractivity (Wildman–Crippen MR) is 95.5 cm³/mol. The van der Waals surface area contributed by atoms with Gasteiger partial charge < -0.3 is 9.84 Å². The maximum Gasteiger partial charge on any atom is 0.277 e. The molecule has 1 amide bonds. The lowest BCUT2D eigenvalue weighted by molar-refractivity contribution is 0.101. The van der Waals surface area contributed by atoms with Crippen LogP contribution in [0.5, 0.6) is 0 Å². The summed E-state index contributed by atoms with van der Waals surface area (Å²) in [5, 5.41) is 6.99. The molecule has 7 heteroatoms. The number of benzene rings is 2. The Labute approximate surface area is 153 Å². The average Bonchev–Trinajstić information content (AvgIpc) is 3.03. The zero-order valence-corrected chi connectivity index (χ0v) is 14.6. The molecule has 0 radical (unpaired) electrons. The highest BCUT2D eigenvalue weighted by atomic mass is 35.5. The number of nitrogens with one attached hydrogen (secondary N) is 1. The van der Waals surface area contributed by atoms with Crippen LogP contribution in [0.15, 0.2) is 53.1 Å². The topological polar surface area (TPSA) is 72.2 Å². The first-order chi connectivity index (χ1) is 12.0. The van der Waals surface area contributed by atoms with Crippen molar-refractivity contribution in [3.05, 3.63) is 81.2 Å². The summed E-state index contributed by atoms with van der Waals surface area (Å²) in [5.41, 5.74) is 0.969. The summed E-state index contributed by atoms with van der Waals surface area (Å²) in [4.78, 5) is 25.1. The van der Waals surface area contributed by atoms with Gasteiger partial charge in [-0.3, -0.25) is 9.59 Å². The molecule has 1 N–H and O–H groups in total. The lowest BCUT2D eigenvalue weighted by atomic mass is 10.0. The maximum atomic E-state index is 12.8. The van der Waals surface area contributed by atoms with E-state index in [-0.39, 0.29) is 17.0 Å². The van der Waals surface area contributed by atoms with Crippen LogP contribution in [0.2, 0.25) is 10.0 Å². The van der Waals surface area contributed by atoms with Crippen LogP contribution >= 0.6 is 23.2 Å². The van der Waals surface area contributed by atoms with Gasteiger partial charge in [-0.2, -0.15) is 0 Å². The fraction of sp³-hybridized carbons (Fsp3) is 0.0556. The third-order valence-electron chi connectivity index (χ3n) is 3.45. The summed E-state index contributed by atoms with van der Waals surface area (Å²) in [7, 11) is 0. The average molecular weight is 375 g/mol. The molecule has 0 aliphatic rings. The van der Waals surface area contributed by atoms with Gasteiger partial charge in [-0.1, -0.05) is 40.5 Å². The van der Waals surface area contributed by atoms with Crippen molar-refractivity contribution in [1.82, 2.24) is 5.16 Å². The van der Waals surface area contributed by atoms with E-state index >= 15 is 0 Å². The molecule has 0 fully saturated rings. The van der Waals surface area contributed by atoms with E-state index in [1.165, 1.54) is 12.1 Å². The molecule has 0 saturated heterocycles. The Balaban J connectivity index is 1.97. The van der Waals surface area contributed by atoms with Crippen molar-refractivity contribution < 1.29 is 14.1 Å². The highest BCUT2D eigenvalue weighted by molar-refractivity contribution is 6.36. The second-order valence-electron chi connectivity index (χ2n) is 5.28. The number of amides is 1. The standard InChI is InChI=1S/C18H12Cl2N2O3/c1-10-8-16(22-25-10)18(24)21-15-7-6-11(19)9-13(15)17(23)12-4-2-3-5-14(12)20/h2-9H,1H3,(H,21,24). The molecule has 2 aromatic carbocycles. The van der Waals surface area contributed by atoms with Gasteiger partial charge in [0.2, 0.25) is 0 Å². The number of hydrogen-bond acceptors (Lipinski definition) is 4. The first-order valence-corrected chi connectivity index (χ1v) is 8.05. The number of carbonyl (C=O) groups excluding carboxylic acids is 2. The van der Waals surface area contributed by atoms with E-state index < -0.39 is 5.91 Å². The van der Waals surface area contributed by atoms with E-state index in [4.69, 9.17) is 27.7 Å². The SMILES string of the molecule is Cc1cc(C(=O)Nc2ccc(Cl)cc2C(=O)c2ccccc2Cl)no1. The van der Waals surface area contributed by atoms with Gasteiger partial charge in [-0.25, -0.2) is 0 Å². The second kappa shape index (κ2) is 7.09. The summed E-state index contributed by atoms with van der Waals surface area (Å²) >= 11 is 12.1. The third-order valence-corrected chi connectivity index (χ3v) is 4.02. The third kappa shape index (κ3) is 3.73. The minimum atomic E-state index is -0.493. The van der Waals surface area contributed by atoms with Gasteiger partial charge in [0.15, 0.2) is 11.5 Å². The zero-order valence-electron chi connectivity index (χ0n) is 13.0. The van der Waals surface area contributed by atoms with Crippen molar-refractivity contribution in [2.75, 3.05) is 5.32 Å². The molecule has 0 atom stereocenters. The molecular formula is C18H12Cl2N2O3. The molecule has 0 bridgehead atoms. The van der Waals surface area contributed by atoms with E-state index in [1.54, 1.807) is 43.3 Å². The fourth-order valence-electron chi connectivity index (χ4n) is 2.26. The maximum absolute atomic E-state index is 12.8. The quantitative estimate of drug-likeness (QED) is 0.667. The summed E-state index contributed by atoms with van der Waals surface area (Å²) in [6.45, 7) is 1.68.